The summed E-state index contributed by atoms with van der Waals surface area (Å²) in [5, 5.41) is 3.10. The molecule has 1 aliphatic heterocycles. The fourth-order valence-electron chi connectivity index (χ4n) is 4.42. The second-order valence-corrected chi connectivity index (χ2v) is 7.94. The van der Waals surface area contributed by atoms with E-state index in [2.05, 4.69) is 20.3 Å². The molecule has 1 aliphatic carbocycles. The number of anilines is 1. The molecule has 1 N–H and O–H groups in total. The Bertz CT molecular complexity index is 1080. The summed E-state index contributed by atoms with van der Waals surface area (Å²) in [5.41, 5.74) is 2.42. The van der Waals surface area contributed by atoms with E-state index in [1.807, 2.05) is 0 Å². The summed E-state index contributed by atoms with van der Waals surface area (Å²) < 4.78 is 15.3. The van der Waals surface area contributed by atoms with E-state index in [9.17, 15) is 9.18 Å². The Hall–Kier alpha value is -2.54. The third kappa shape index (κ3) is 2.94. The summed E-state index contributed by atoms with van der Waals surface area (Å²) in [5.74, 6) is 0.261. The topological polar surface area (TPSA) is 72.7 Å². The monoisotopic (exact) mass is 399 g/mol. The number of fused-ring (bicyclic) bond motifs is 2. The summed E-state index contributed by atoms with van der Waals surface area (Å²) >= 11 is 6.37. The molecule has 5 rings (SSSR count). The van der Waals surface area contributed by atoms with Crippen LogP contribution in [0, 0.1) is 17.7 Å². The number of hydrogen-bond acceptors (Lipinski definition) is 4. The number of nitrogens with one attached hydrogen (secondary N) is 1. The number of nitrogens with zero attached hydrogens (tertiary/aromatic N) is 4. The van der Waals surface area contributed by atoms with Gasteiger partial charge in [-0.05, 0) is 30.9 Å². The maximum Gasteiger partial charge on any atom is 0.237 e. The number of imidazole rings is 1. The molecule has 1 aromatic carbocycles. The highest BCUT2D eigenvalue weighted by Crippen LogP contribution is 2.38. The van der Waals surface area contributed by atoms with Gasteiger partial charge in [-0.15, -0.1) is 0 Å². The van der Waals surface area contributed by atoms with Crippen LogP contribution in [0.25, 0.3) is 17.0 Å². The molecule has 8 heteroatoms. The molecular weight excluding hydrogens is 381 g/mol. The smallest absolute Gasteiger partial charge is 0.237 e. The molecule has 144 valence electrons. The van der Waals surface area contributed by atoms with Crippen molar-refractivity contribution in [1.82, 2.24) is 19.5 Å². The van der Waals surface area contributed by atoms with Crippen LogP contribution < -0.4 is 5.32 Å². The molecular formula is C20H19ClFN5O. The van der Waals surface area contributed by atoms with Crippen molar-refractivity contribution in [2.24, 2.45) is 11.8 Å². The number of halogens is 2. The number of amides is 1. The Morgan fingerprint density at radius 2 is 2.00 bits per heavy atom. The van der Waals surface area contributed by atoms with E-state index in [-0.39, 0.29) is 22.8 Å². The van der Waals surface area contributed by atoms with Crippen LogP contribution in [-0.2, 0) is 11.2 Å². The van der Waals surface area contributed by atoms with Gasteiger partial charge in [0, 0.05) is 18.4 Å². The molecule has 0 bridgehead atoms. The van der Waals surface area contributed by atoms with Crippen molar-refractivity contribution in [2.45, 2.75) is 38.5 Å². The lowest BCUT2D eigenvalue weighted by molar-refractivity contribution is -0.122. The first-order valence-electron chi connectivity index (χ1n) is 9.60. The number of rotatable bonds is 2. The van der Waals surface area contributed by atoms with Gasteiger partial charge in [0.2, 0.25) is 11.9 Å². The molecule has 0 radical (unpaired) electrons. The van der Waals surface area contributed by atoms with E-state index < -0.39 is 0 Å². The van der Waals surface area contributed by atoms with E-state index in [1.54, 1.807) is 17.0 Å². The highest BCUT2D eigenvalue weighted by Gasteiger charge is 2.35. The van der Waals surface area contributed by atoms with Gasteiger partial charge in [0.25, 0.3) is 0 Å². The standard InChI is InChI=1S/C20H19ClFN5O/c21-18-17-15(9-13(19(28)25-17)11-4-2-1-3-5-11)24-20(26-18)27-10-23-14-7-6-12(22)8-16(14)27/h6-8,10-11,13H,1-5,9H2,(H,25,28). The van der Waals surface area contributed by atoms with Crippen molar-refractivity contribution in [3.63, 3.8) is 0 Å². The SMILES string of the molecule is O=C1Nc2c(Cl)nc(-n3cnc4ccc(F)cc43)nc2CC1C1CCCCC1. The summed E-state index contributed by atoms with van der Waals surface area (Å²) in [6, 6.07) is 4.37. The van der Waals surface area contributed by atoms with Gasteiger partial charge in [-0.25, -0.2) is 14.4 Å². The third-order valence-electron chi connectivity index (χ3n) is 5.87. The lowest BCUT2D eigenvalue weighted by Gasteiger charge is -2.32. The van der Waals surface area contributed by atoms with Gasteiger partial charge in [-0.2, -0.15) is 4.98 Å². The van der Waals surface area contributed by atoms with Crippen molar-refractivity contribution in [3.8, 4) is 5.95 Å². The molecule has 1 fully saturated rings. The second-order valence-electron chi connectivity index (χ2n) is 7.58. The van der Waals surface area contributed by atoms with Gasteiger partial charge in [-0.3, -0.25) is 9.36 Å². The van der Waals surface area contributed by atoms with Crippen LogP contribution >= 0.6 is 11.6 Å². The van der Waals surface area contributed by atoms with Crippen LogP contribution in [-0.4, -0.2) is 25.4 Å². The van der Waals surface area contributed by atoms with Gasteiger partial charge >= 0.3 is 0 Å². The van der Waals surface area contributed by atoms with Crippen molar-refractivity contribution in [2.75, 3.05) is 5.32 Å². The summed E-state index contributed by atoms with van der Waals surface area (Å²) in [7, 11) is 0. The number of benzene rings is 1. The maximum atomic E-state index is 13.7. The minimum Gasteiger partial charge on any atom is -0.322 e. The van der Waals surface area contributed by atoms with Gasteiger partial charge in [0.05, 0.1) is 16.7 Å². The van der Waals surface area contributed by atoms with Crippen molar-refractivity contribution >= 4 is 34.2 Å². The number of hydrogen-bond donors (Lipinski definition) is 1. The zero-order valence-electron chi connectivity index (χ0n) is 15.2. The molecule has 28 heavy (non-hydrogen) atoms. The van der Waals surface area contributed by atoms with Crippen LogP contribution in [0.5, 0.6) is 0 Å². The Balaban J connectivity index is 1.55. The van der Waals surface area contributed by atoms with E-state index in [4.69, 9.17) is 11.6 Å². The Labute approximate surface area is 166 Å². The second kappa shape index (κ2) is 6.81. The molecule has 1 amide bonds. The van der Waals surface area contributed by atoms with Gasteiger partial charge < -0.3 is 5.32 Å². The molecule has 3 heterocycles. The van der Waals surface area contributed by atoms with E-state index in [1.165, 1.54) is 31.4 Å². The summed E-state index contributed by atoms with van der Waals surface area (Å²) in [6.07, 6.45) is 7.83. The Morgan fingerprint density at radius 3 is 2.82 bits per heavy atom. The van der Waals surface area contributed by atoms with Gasteiger partial charge in [0.1, 0.15) is 17.8 Å². The molecule has 1 unspecified atom stereocenters. The predicted molar refractivity (Wildman–Crippen MR) is 104 cm³/mol. The molecule has 6 nitrogen and oxygen atoms in total. The Kier molecular flexibility index (Phi) is 4.27. The van der Waals surface area contributed by atoms with Crippen LogP contribution in [0.4, 0.5) is 10.1 Å². The van der Waals surface area contributed by atoms with E-state index in [0.29, 0.717) is 35.0 Å². The fourth-order valence-corrected chi connectivity index (χ4v) is 4.65. The lowest BCUT2D eigenvalue weighted by atomic mass is 9.76. The first-order valence-corrected chi connectivity index (χ1v) is 9.98. The summed E-state index contributed by atoms with van der Waals surface area (Å²) in [6.45, 7) is 0. The minimum absolute atomic E-state index is 0.00722. The average Bonchev–Trinajstić information content (AvgIpc) is 3.12. The zero-order valence-corrected chi connectivity index (χ0v) is 15.9. The van der Waals surface area contributed by atoms with Gasteiger partial charge in [-0.1, -0.05) is 30.9 Å². The predicted octanol–water partition coefficient (Wildman–Crippen LogP) is 4.30. The minimum atomic E-state index is -0.358. The van der Waals surface area contributed by atoms with Crippen LogP contribution in [0.15, 0.2) is 24.5 Å². The van der Waals surface area contributed by atoms with Crippen molar-refractivity contribution in [3.05, 3.63) is 41.2 Å². The zero-order chi connectivity index (χ0) is 19.3. The van der Waals surface area contributed by atoms with E-state index >= 15 is 0 Å². The Morgan fingerprint density at radius 1 is 1.18 bits per heavy atom. The molecule has 1 atom stereocenters. The third-order valence-corrected chi connectivity index (χ3v) is 6.14. The normalized spacial score (nSPS) is 20.2. The molecule has 1 saturated carbocycles. The molecule has 2 aliphatic rings. The molecule has 2 aromatic heterocycles. The first-order chi connectivity index (χ1) is 13.6. The number of aromatic nitrogens is 4. The van der Waals surface area contributed by atoms with Crippen LogP contribution in [0.1, 0.15) is 37.8 Å². The highest BCUT2D eigenvalue weighted by atomic mass is 35.5. The number of carbonyl (C=O) groups is 1. The average molecular weight is 400 g/mol. The lowest BCUT2D eigenvalue weighted by Crippen LogP contribution is -2.37. The number of carbonyl (C=O) groups excluding carboxylic acids is 1. The highest BCUT2D eigenvalue weighted by molar-refractivity contribution is 6.32. The van der Waals surface area contributed by atoms with Crippen molar-refractivity contribution < 1.29 is 9.18 Å². The molecule has 3 aromatic rings. The molecule has 0 saturated heterocycles. The largest absolute Gasteiger partial charge is 0.322 e. The van der Waals surface area contributed by atoms with Gasteiger partial charge in [0.15, 0.2) is 5.15 Å². The quantitative estimate of drug-likeness (QED) is 0.652. The molecule has 0 spiro atoms. The summed E-state index contributed by atoms with van der Waals surface area (Å²) in [4.78, 5) is 25.9. The van der Waals surface area contributed by atoms with Crippen molar-refractivity contribution in [1.29, 1.82) is 0 Å². The maximum absolute atomic E-state index is 13.7. The van der Waals surface area contributed by atoms with E-state index in [0.717, 1.165) is 18.5 Å². The first kappa shape index (κ1) is 17.6. The fraction of sp³-hybridized carbons (Fsp3) is 0.400. The van der Waals surface area contributed by atoms with Crippen LogP contribution in [0.3, 0.4) is 0 Å². The van der Waals surface area contributed by atoms with Crippen LogP contribution in [0.2, 0.25) is 5.15 Å².